The Hall–Kier alpha value is -2.73. The van der Waals surface area contributed by atoms with Crippen molar-refractivity contribution in [2.24, 2.45) is 0 Å². The van der Waals surface area contributed by atoms with E-state index in [1.807, 2.05) is 44.2 Å². The Kier molecular flexibility index (Phi) is 4.67. The molecule has 0 radical (unpaired) electrons. The van der Waals surface area contributed by atoms with Gasteiger partial charge in [-0.1, -0.05) is 23.8 Å². The van der Waals surface area contributed by atoms with E-state index in [2.05, 4.69) is 10.3 Å². The minimum Gasteiger partial charge on any atom is -0.383 e. The highest BCUT2D eigenvalue weighted by Crippen LogP contribution is 2.37. The Morgan fingerprint density at radius 1 is 1.21 bits per heavy atom. The molecule has 4 rings (SSSR count). The Bertz CT molecular complexity index is 915. The molecule has 0 unspecified atom stereocenters. The number of aliphatic hydroxyl groups is 1. The van der Waals surface area contributed by atoms with Crippen LogP contribution in [-0.4, -0.2) is 39.9 Å². The highest BCUT2D eigenvalue weighted by molar-refractivity contribution is 6.05. The highest BCUT2D eigenvalue weighted by atomic mass is 16.3. The summed E-state index contributed by atoms with van der Waals surface area (Å²) in [5.74, 6) is -0.610. The molecular weight excluding hydrogens is 354 g/mol. The summed E-state index contributed by atoms with van der Waals surface area (Å²) in [5, 5.41) is 13.8. The van der Waals surface area contributed by atoms with Crippen molar-refractivity contribution >= 4 is 17.5 Å². The number of fused-ring (bicyclic) bond motifs is 1. The van der Waals surface area contributed by atoms with Gasteiger partial charge >= 0.3 is 0 Å². The van der Waals surface area contributed by atoms with Gasteiger partial charge in [-0.15, -0.1) is 0 Å². The number of amides is 2. The molecule has 1 fully saturated rings. The molecule has 28 heavy (non-hydrogen) atoms. The average molecular weight is 379 g/mol. The maximum atomic E-state index is 12.8. The van der Waals surface area contributed by atoms with Gasteiger partial charge in [0, 0.05) is 31.4 Å². The van der Waals surface area contributed by atoms with Crippen molar-refractivity contribution in [3.05, 3.63) is 58.9 Å². The molecule has 0 spiro atoms. The summed E-state index contributed by atoms with van der Waals surface area (Å²) in [6.07, 6.45) is 2.80. The second-order valence-electron chi connectivity index (χ2n) is 7.97. The molecule has 0 saturated carbocycles. The van der Waals surface area contributed by atoms with Crippen molar-refractivity contribution in [1.82, 2.24) is 9.88 Å². The monoisotopic (exact) mass is 379 g/mol. The molecular formula is C22H25N3O3. The fourth-order valence-electron chi connectivity index (χ4n) is 4.08. The van der Waals surface area contributed by atoms with Crippen molar-refractivity contribution in [2.45, 2.75) is 44.6 Å². The van der Waals surface area contributed by atoms with Crippen LogP contribution in [0.25, 0.3) is 0 Å². The zero-order valence-electron chi connectivity index (χ0n) is 16.2. The molecule has 0 bridgehead atoms. The van der Waals surface area contributed by atoms with E-state index in [-0.39, 0.29) is 18.2 Å². The fraction of sp³-hybridized carbons (Fsp3) is 0.409. The van der Waals surface area contributed by atoms with E-state index < -0.39 is 11.5 Å². The van der Waals surface area contributed by atoms with Crippen LogP contribution in [0.5, 0.6) is 0 Å². The molecule has 146 valence electrons. The number of rotatable bonds is 3. The van der Waals surface area contributed by atoms with Crippen molar-refractivity contribution < 1.29 is 14.7 Å². The highest BCUT2D eigenvalue weighted by Gasteiger charge is 2.38. The zero-order valence-corrected chi connectivity index (χ0v) is 16.2. The van der Waals surface area contributed by atoms with Crippen LogP contribution >= 0.6 is 0 Å². The van der Waals surface area contributed by atoms with Crippen LogP contribution in [-0.2, 0) is 15.2 Å². The Morgan fingerprint density at radius 3 is 2.61 bits per heavy atom. The predicted octanol–water partition coefficient (Wildman–Crippen LogP) is 2.63. The van der Waals surface area contributed by atoms with E-state index in [4.69, 9.17) is 0 Å². The van der Waals surface area contributed by atoms with Gasteiger partial charge in [-0.25, -0.2) is 0 Å². The molecule has 6 heteroatoms. The number of aromatic nitrogens is 1. The minimum atomic E-state index is -1.00. The van der Waals surface area contributed by atoms with Crippen LogP contribution in [0.4, 0.5) is 5.69 Å². The van der Waals surface area contributed by atoms with E-state index in [1.54, 1.807) is 11.1 Å². The minimum absolute atomic E-state index is 0.0478. The molecule has 3 heterocycles. The molecule has 2 N–H and O–H groups in total. The van der Waals surface area contributed by atoms with Gasteiger partial charge in [-0.05, 0) is 49.9 Å². The van der Waals surface area contributed by atoms with E-state index in [0.29, 0.717) is 31.6 Å². The van der Waals surface area contributed by atoms with Gasteiger partial charge in [0.25, 0.3) is 0 Å². The van der Waals surface area contributed by atoms with Crippen LogP contribution in [0.15, 0.2) is 36.5 Å². The number of hydrogen-bond acceptors (Lipinski definition) is 4. The Balaban J connectivity index is 1.42. The van der Waals surface area contributed by atoms with Gasteiger partial charge in [0.1, 0.15) is 5.60 Å². The number of likely N-dealkylation sites (tertiary alicyclic amines) is 1. The number of benzene rings is 1. The van der Waals surface area contributed by atoms with Crippen LogP contribution in [0.2, 0.25) is 0 Å². The molecule has 2 aliphatic rings. The molecule has 2 aromatic rings. The van der Waals surface area contributed by atoms with Gasteiger partial charge in [0.2, 0.25) is 11.8 Å². The maximum absolute atomic E-state index is 12.8. The summed E-state index contributed by atoms with van der Waals surface area (Å²) in [5.41, 5.74) is 3.47. The predicted molar refractivity (Wildman–Crippen MR) is 106 cm³/mol. The number of aryl methyl sites for hydroxylation is 2. The molecule has 2 amide bonds. The topological polar surface area (TPSA) is 82.5 Å². The fourth-order valence-corrected chi connectivity index (χ4v) is 4.08. The number of piperidine rings is 1. The lowest BCUT2D eigenvalue weighted by Crippen LogP contribution is -2.46. The second kappa shape index (κ2) is 7.02. The Morgan fingerprint density at radius 2 is 1.93 bits per heavy atom. The van der Waals surface area contributed by atoms with E-state index >= 15 is 0 Å². The summed E-state index contributed by atoms with van der Waals surface area (Å²) in [7, 11) is 0. The third-order valence-corrected chi connectivity index (χ3v) is 5.87. The van der Waals surface area contributed by atoms with E-state index in [1.165, 1.54) is 0 Å². The lowest BCUT2D eigenvalue weighted by Gasteiger charge is -2.38. The summed E-state index contributed by atoms with van der Waals surface area (Å²) in [4.78, 5) is 31.3. The SMILES string of the molecule is Cc1ccc(C2(O)CCN(C(=O)C[C@@H]3C(=O)Nc4ccc(C)cc43)CC2)nc1. The third kappa shape index (κ3) is 3.40. The molecule has 1 saturated heterocycles. The molecule has 1 atom stereocenters. The number of nitrogens with one attached hydrogen (secondary N) is 1. The zero-order chi connectivity index (χ0) is 19.9. The number of carbonyl (C=O) groups is 2. The first-order chi connectivity index (χ1) is 13.4. The van der Waals surface area contributed by atoms with E-state index in [9.17, 15) is 14.7 Å². The quantitative estimate of drug-likeness (QED) is 0.859. The summed E-state index contributed by atoms with van der Waals surface area (Å²) in [6.45, 7) is 4.85. The van der Waals surface area contributed by atoms with Crippen LogP contribution in [0, 0.1) is 13.8 Å². The number of nitrogens with zero attached hydrogens (tertiary/aromatic N) is 2. The number of hydrogen-bond donors (Lipinski definition) is 2. The molecule has 1 aromatic carbocycles. The molecule has 1 aromatic heterocycles. The van der Waals surface area contributed by atoms with Crippen LogP contribution in [0.3, 0.4) is 0 Å². The van der Waals surface area contributed by atoms with Gasteiger partial charge in [0.15, 0.2) is 0 Å². The second-order valence-corrected chi connectivity index (χ2v) is 7.97. The molecule has 6 nitrogen and oxygen atoms in total. The first kappa shape index (κ1) is 18.6. The smallest absolute Gasteiger partial charge is 0.232 e. The lowest BCUT2D eigenvalue weighted by molar-refractivity contribution is -0.137. The third-order valence-electron chi connectivity index (χ3n) is 5.87. The van der Waals surface area contributed by atoms with Crippen molar-refractivity contribution in [3.63, 3.8) is 0 Å². The molecule has 2 aliphatic heterocycles. The Labute approximate surface area is 164 Å². The number of anilines is 1. The first-order valence-corrected chi connectivity index (χ1v) is 9.70. The lowest BCUT2D eigenvalue weighted by atomic mass is 9.87. The normalized spacial score (nSPS) is 20.6. The van der Waals surface area contributed by atoms with Crippen LogP contribution in [0.1, 0.15) is 47.6 Å². The number of pyridine rings is 1. The number of carbonyl (C=O) groups excluding carboxylic acids is 2. The summed E-state index contributed by atoms with van der Waals surface area (Å²) < 4.78 is 0. The maximum Gasteiger partial charge on any atom is 0.232 e. The van der Waals surface area contributed by atoms with Crippen molar-refractivity contribution in [1.29, 1.82) is 0 Å². The van der Waals surface area contributed by atoms with Crippen LogP contribution < -0.4 is 5.32 Å². The largest absolute Gasteiger partial charge is 0.383 e. The summed E-state index contributed by atoms with van der Waals surface area (Å²) in [6, 6.07) is 9.62. The average Bonchev–Trinajstić information content (AvgIpc) is 2.97. The standard InChI is InChI=1S/C22H25N3O3/c1-14-3-5-18-16(11-14)17(21(27)24-18)12-20(26)25-9-7-22(28,8-10-25)19-6-4-15(2)13-23-19/h3-6,11,13,17,28H,7-10,12H2,1-2H3,(H,24,27)/t17-/m0/s1. The van der Waals surface area contributed by atoms with Crippen molar-refractivity contribution in [3.8, 4) is 0 Å². The van der Waals surface area contributed by atoms with Gasteiger partial charge < -0.3 is 15.3 Å². The molecule has 0 aliphatic carbocycles. The summed E-state index contributed by atoms with van der Waals surface area (Å²) >= 11 is 0. The van der Waals surface area contributed by atoms with Gasteiger partial charge in [0.05, 0.1) is 11.6 Å². The van der Waals surface area contributed by atoms with Crippen molar-refractivity contribution in [2.75, 3.05) is 18.4 Å². The first-order valence-electron chi connectivity index (χ1n) is 9.70. The van der Waals surface area contributed by atoms with Gasteiger partial charge in [-0.2, -0.15) is 0 Å². The van der Waals surface area contributed by atoms with Gasteiger partial charge in [-0.3, -0.25) is 14.6 Å². The van der Waals surface area contributed by atoms with E-state index in [0.717, 1.165) is 22.4 Å².